The fraction of sp³-hybridized carbons (Fsp3) is 0.288. The molecule has 9 rings (SSSR count). The van der Waals surface area contributed by atoms with Crippen molar-refractivity contribution in [3.05, 3.63) is 189 Å². The van der Waals surface area contributed by atoms with Crippen molar-refractivity contribution in [1.82, 2.24) is 14.7 Å². The van der Waals surface area contributed by atoms with Crippen molar-refractivity contribution >= 4 is 51.8 Å². The summed E-state index contributed by atoms with van der Waals surface area (Å²) in [5.41, 5.74) is 12.7. The third-order valence-corrected chi connectivity index (χ3v) is 15.2. The molecule has 1 saturated heterocycles. The van der Waals surface area contributed by atoms with Gasteiger partial charge in [-0.2, -0.15) is 13.3 Å². The number of carboxylic acid groups (broad SMARTS) is 1. The number of nitrogens with two attached hydrogens (primary N) is 1. The largest absolute Gasteiger partial charge is 0.479 e. The van der Waals surface area contributed by atoms with Crippen LogP contribution in [0.4, 0.5) is 33.3 Å². The quantitative estimate of drug-likeness (QED) is 0.00343. The predicted molar refractivity (Wildman–Crippen MR) is 324 cm³/mol. The SMILES string of the molecule is Cc1ccc(C(=O)c2c(-c3ccccc3)n(C)n(-c3ccccc3)c2=O)c(N)c1-c1ccc2c(ccc(C)[n+]2Cc2ccc(O[C@@H]3O[C@H](C(=O)O)[C@@H](O)[C@H](O)[C@H]3O)c(NC(=O)CCNC(=O)CCOCCOCCOCCC(=O)Oc3c(F)c(F)c(F)c(F)c3F)c2)c1. The zero-order valence-corrected chi connectivity index (χ0v) is 50.2. The summed E-state index contributed by atoms with van der Waals surface area (Å²) in [7, 11) is 1.73. The number of aliphatic hydroxyl groups excluding tert-OH is 3. The van der Waals surface area contributed by atoms with Gasteiger partial charge >= 0.3 is 11.9 Å². The van der Waals surface area contributed by atoms with Crippen LogP contribution in [0.5, 0.6) is 11.5 Å². The average molecular weight is 1290 g/mol. The number of carboxylic acids is 1. The maximum atomic E-state index is 14.9. The van der Waals surface area contributed by atoms with Gasteiger partial charge in [-0.15, -0.1) is 0 Å². The lowest BCUT2D eigenvalue weighted by Crippen LogP contribution is -2.61. The molecule has 1 aliphatic heterocycles. The van der Waals surface area contributed by atoms with Gasteiger partial charge in [0.2, 0.25) is 64.2 Å². The molecular formula is C66H64F5N6O16+. The molecule has 5 atom stereocenters. The number of rotatable bonds is 27. The summed E-state index contributed by atoms with van der Waals surface area (Å²) >= 11 is 0. The molecule has 2 amide bonds. The number of anilines is 2. The average Bonchev–Trinajstić information content (AvgIpc) is 1.68. The Kier molecular flexibility index (Phi) is 21.9. The molecule has 3 heterocycles. The summed E-state index contributed by atoms with van der Waals surface area (Å²) < 4.78 is 104. The highest BCUT2D eigenvalue weighted by Crippen LogP contribution is 2.37. The fourth-order valence-electron chi connectivity index (χ4n) is 10.5. The van der Waals surface area contributed by atoms with Crippen molar-refractivity contribution in [3.8, 4) is 39.6 Å². The second-order valence-electron chi connectivity index (χ2n) is 21.5. The van der Waals surface area contributed by atoms with Crippen molar-refractivity contribution in [2.75, 3.05) is 57.2 Å². The highest BCUT2D eigenvalue weighted by Gasteiger charge is 2.48. The summed E-state index contributed by atoms with van der Waals surface area (Å²) in [6.07, 6.45) is -10.7. The van der Waals surface area contributed by atoms with Crippen LogP contribution in [-0.4, -0.2) is 136 Å². The predicted octanol–water partition coefficient (Wildman–Crippen LogP) is 6.28. The minimum atomic E-state index is -2.40. The van der Waals surface area contributed by atoms with E-state index in [1.807, 2.05) is 85.1 Å². The first-order chi connectivity index (χ1) is 44.6. The molecule has 2 aromatic heterocycles. The van der Waals surface area contributed by atoms with E-state index in [0.717, 1.165) is 22.2 Å². The first-order valence-corrected chi connectivity index (χ1v) is 29.1. The van der Waals surface area contributed by atoms with E-state index in [1.54, 1.807) is 60.3 Å². The number of nitrogens with one attached hydrogen (secondary N) is 2. The monoisotopic (exact) mass is 1290 g/mol. The van der Waals surface area contributed by atoms with E-state index < -0.39 is 107 Å². The lowest BCUT2D eigenvalue weighted by Gasteiger charge is -2.38. The highest BCUT2D eigenvalue weighted by atomic mass is 19.2. The molecule has 93 heavy (non-hydrogen) atoms. The minimum absolute atomic E-state index is 0.00679. The number of carbonyl (C=O) groups excluding carboxylic acids is 4. The Labute approximate surface area is 527 Å². The Bertz CT molecular complexity index is 4140. The number of aliphatic hydroxyl groups is 3. The van der Waals surface area contributed by atoms with Crippen LogP contribution in [0, 0.1) is 42.9 Å². The molecule has 0 unspecified atom stereocenters. The Hall–Kier alpha value is -9.74. The number of aromatic nitrogens is 3. The molecule has 488 valence electrons. The summed E-state index contributed by atoms with van der Waals surface area (Å²) in [6.45, 7) is 3.52. The van der Waals surface area contributed by atoms with Gasteiger partial charge < -0.3 is 65.2 Å². The lowest BCUT2D eigenvalue weighted by molar-refractivity contribution is -0.668. The summed E-state index contributed by atoms with van der Waals surface area (Å²) in [5, 5.41) is 47.6. The summed E-state index contributed by atoms with van der Waals surface area (Å²) in [5.74, 6) is -18.0. The molecule has 0 spiro atoms. The second-order valence-corrected chi connectivity index (χ2v) is 21.5. The number of nitrogens with zero attached hydrogens (tertiary/aromatic N) is 3. The first-order valence-electron chi connectivity index (χ1n) is 29.1. The Morgan fingerprint density at radius 2 is 1.31 bits per heavy atom. The number of amides is 2. The molecule has 22 nitrogen and oxygen atoms in total. The Morgan fingerprint density at radius 1 is 0.677 bits per heavy atom. The van der Waals surface area contributed by atoms with E-state index >= 15 is 0 Å². The van der Waals surface area contributed by atoms with Crippen molar-refractivity contribution in [2.45, 2.75) is 70.4 Å². The number of hydrogen-bond donors (Lipinski definition) is 7. The molecule has 8 N–H and O–H groups in total. The van der Waals surface area contributed by atoms with Crippen molar-refractivity contribution in [3.63, 3.8) is 0 Å². The normalized spacial score (nSPS) is 16.3. The fourth-order valence-corrected chi connectivity index (χ4v) is 10.5. The van der Waals surface area contributed by atoms with E-state index in [-0.39, 0.29) is 93.8 Å². The van der Waals surface area contributed by atoms with Gasteiger partial charge in [0.15, 0.2) is 18.3 Å². The number of para-hydroxylation sites is 1. The van der Waals surface area contributed by atoms with Crippen LogP contribution in [0.25, 0.3) is 39.0 Å². The molecule has 0 saturated carbocycles. The lowest BCUT2D eigenvalue weighted by atomic mass is 9.91. The molecule has 0 bridgehead atoms. The smallest absolute Gasteiger partial charge is 0.335 e. The summed E-state index contributed by atoms with van der Waals surface area (Å²) in [4.78, 5) is 79.4. The third kappa shape index (κ3) is 15.3. The Morgan fingerprint density at radius 3 is 1.98 bits per heavy atom. The van der Waals surface area contributed by atoms with Gasteiger partial charge in [-0.05, 0) is 72.6 Å². The van der Waals surface area contributed by atoms with E-state index in [0.29, 0.717) is 33.6 Å². The van der Waals surface area contributed by atoms with Gasteiger partial charge in [0.25, 0.3) is 5.56 Å². The third-order valence-electron chi connectivity index (χ3n) is 15.2. The topological polar surface area (TPSA) is 303 Å². The Balaban J connectivity index is 0.834. The van der Waals surface area contributed by atoms with Crippen LogP contribution in [0.1, 0.15) is 52.0 Å². The van der Waals surface area contributed by atoms with Crippen LogP contribution >= 0.6 is 0 Å². The van der Waals surface area contributed by atoms with Gasteiger partial charge in [-0.3, -0.25) is 28.7 Å². The summed E-state index contributed by atoms with van der Waals surface area (Å²) in [6, 6.07) is 35.8. The minimum Gasteiger partial charge on any atom is -0.479 e. The molecule has 6 aromatic carbocycles. The standard InChI is InChI=1S/C66H63F5N6O16/c1-35-14-19-42(58(81)50-57(38-10-6-4-7-11-38)75(3)77(64(50)85)41-12-8-5-9-13-41)56(72)49(35)40-18-20-44-39(33-40)17-15-36(2)76(44)34-37-16-21-45(91-66-61(84)59(82)60(83)63(93-66)65(86)87)43(32-37)74-47(79)22-25-73-46(78)23-26-88-28-30-90-31-29-89-27-24-48(80)92-62-54(70)52(68)51(67)53(69)55(62)71/h4-21,32-33,59-61,63,66,82-84H,22-31,34H2,1-3H3,(H4-,72,73,74,78,79,81,86,87)/p+1/t59-,60-,61+,63-,66+/m0/s1. The number of ketones is 1. The number of esters is 1. The number of pyridine rings is 1. The molecule has 1 aliphatic rings. The van der Waals surface area contributed by atoms with Crippen molar-refractivity contribution in [2.24, 2.45) is 7.05 Å². The van der Waals surface area contributed by atoms with E-state index in [4.69, 9.17) is 29.4 Å². The van der Waals surface area contributed by atoms with Crippen molar-refractivity contribution < 1.29 is 99.3 Å². The second kappa shape index (κ2) is 30.1. The van der Waals surface area contributed by atoms with Gasteiger partial charge in [0.05, 0.1) is 68.8 Å². The first kappa shape index (κ1) is 67.6. The maximum Gasteiger partial charge on any atom is 0.335 e. The molecule has 27 heteroatoms. The number of fused-ring (bicyclic) bond motifs is 1. The molecule has 0 aliphatic carbocycles. The molecule has 0 radical (unpaired) electrons. The number of nitrogen functional groups attached to an aromatic ring is 1. The van der Waals surface area contributed by atoms with Gasteiger partial charge in [0.1, 0.15) is 29.6 Å². The highest BCUT2D eigenvalue weighted by molar-refractivity contribution is 6.16. The zero-order chi connectivity index (χ0) is 66.8. The van der Waals surface area contributed by atoms with Crippen LogP contribution in [-0.2, 0) is 51.7 Å². The van der Waals surface area contributed by atoms with Crippen LogP contribution in [0.3, 0.4) is 0 Å². The van der Waals surface area contributed by atoms with E-state index in [2.05, 4.69) is 15.4 Å². The van der Waals surface area contributed by atoms with E-state index in [9.17, 15) is 71.1 Å². The number of aliphatic carboxylic acids is 1. The van der Waals surface area contributed by atoms with Gasteiger partial charge in [-0.1, -0.05) is 54.6 Å². The van der Waals surface area contributed by atoms with Crippen LogP contribution < -0.4 is 36.0 Å². The number of carbonyl (C=O) groups is 5. The molecule has 8 aromatic rings. The maximum absolute atomic E-state index is 14.9. The number of hydrogen-bond acceptors (Lipinski definition) is 16. The number of ether oxygens (including phenoxy) is 6. The molecular weight excluding hydrogens is 1230 g/mol. The van der Waals surface area contributed by atoms with Crippen molar-refractivity contribution in [1.29, 1.82) is 0 Å². The number of halogens is 5. The van der Waals surface area contributed by atoms with Gasteiger partial charge in [-0.25, -0.2) is 22.6 Å². The van der Waals surface area contributed by atoms with Crippen LogP contribution in [0.2, 0.25) is 0 Å². The number of aryl methyl sites for hydroxylation is 2. The zero-order valence-electron chi connectivity index (χ0n) is 50.2. The van der Waals surface area contributed by atoms with Crippen LogP contribution in [0.15, 0.2) is 126 Å². The molecule has 1 fully saturated rings. The van der Waals surface area contributed by atoms with E-state index in [1.165, 1.54) is 10.7 Å². The van der Waals surface area contributed by atoms with Gasteiger partial charge in [0, 0.05) is 73.1 Å². The number of benzene rings is 6.